The van der Waals surface area contributed by atoms with E-state index in [1.807, 2.05) is 34.2 Å². The number of amides is 2. The molecule has 2 amide bonds. The zero-order chi connectivity index (χ0) is 17.1. The number of nitrogens with one attached hydrogen (secondary N) is 2. The van der Waals surface area contributed by atoms with Crippen molar-refractivity contribution in [3.63, 3.8) is 0 Å². The molecule has 134 valence electrons. The van der Waals surface area contributed by atoms with E-state index in [-0.39, 0.29) is 18.1 Å². The number of rotatable bonds is 3. The molecule has 1 saturated heterocycles. The Balaban J connectivity index is 1.40. The van der Waals surface area contributed by atoms with Crippen LogP contribution in [0.25, 0.3) is 0 Å². The number of aromatic nitrogens is 4. The van der Waals surface area contributed by atoms with Crippen LogP contribution >= 0.6 is 0 Å². The molecule has 7 nitrogen and oxygen atoms in total. The first-order valence-electron chi connectivity index (χ1n) is 9.35. The summed E-state index contributed by atoms with van der Waals surface area (Å²) in [6, 6.07) is 2.43. The number of hydrogen-bond donors (Lipinski definition) is 2. The second-order valence-electron chi connectivity index (χ2n) is 7.15. The van der Waals surface area contributed by atoms with Gasteiger partial charge in [0.2, 0.25) is 0 Å². The normalized spacial score (nSPS) is 27.2. The topological polar surface area (TPSA) is 78.8 Å². The van der Waals surface area contributed by atoms with Crippen molar-refractivity contribution in [3.05, 3.63) is 36.7 Å². The molecule has 2 aliphatic rings. The molecular formula is C18H26N6O. The van der Waals surface area contributed by atoms with Crippen molar-refractivity contribution in [2.75, 3.05) is 13.1 Å². The summed E-state index contributed by atoms with van der Waals surface area (Å²) in [5.41, 5.74) is 0. The number of carbonyl (C=O) groups is 1. The quantitative estimate of drug-likeness (QED) is 0.900. The zero-order valence-corrected chi connectivity index (χ0v) is 14.5. The molecule has 3 atom stereocenters. The summed E-state index contributed by atoms with van der Waals surface area (Å²) in [6.07, 6.45) is 14.0. The maximum absolute atomic E-state index is 12.9. The molecule has 4 rings (SSSR count). The molecule has 0 bridgehead atoms. The molecule has 1 aliphatic heterocycles. The number of nitrogens with zero attached hydrogens (tertiary/aromatic N) is 4. The van der Waals surface area contributed by atoms with Crippen molar-refractivity contribution in [1.29, 1.82) is 0 Å². The number of hydrogen-bond acceptors (Lipinski definition) is 3. The summed E-state index contributed by atoms with van der Waals surface area (Å²) < 4.78 is 2.01. The molecule has 3 heterocycles. The van der Waals surface area contributed by atoms with Crippen LogP contribution in [0.5, 0.6) is 0 Å². The van der Waals surface area contributed by atoms with Gasteiger partial charge in [0.1, 0.15) is 5.82 Å². The lowest BCUT2D eigenvalue weighted by atomic mass is 9.90. The summed E-state index contributed by atoms with van der Waals surface area (Å²) in [6.45, 7) is 1.56. The van der Waals surface area contributed by atoms with Gasteiger partial charge < -0.3 is 15.2 Å². The SMILES string of the molecule is O=C(N[C@@H]1CCCC[C@H]1n1cccn1)N1CCC[C@@H](c2ncc[nH]2)C1. The van der Waals surface area contributed by atoms with Gasteiger partial charge in [0.25, 0.3) is 0 Å². The predicted molar refractivity (Wildman–Crippen MR) is 94.2 cm³/mol. The van der Waals surface area contributed by atoms with Gasteiger partial charge in [-0.05, 0) is 31.7 Å². The van der Waals surface area contributed by atoms with Crippen LogP contribution in [0.3, 0.4) is 0 Å². The monoisotopic (exact) mass is 342 g/mol. The molecule has 2 N–H and O–H groups in total. The summed E-state index contributed by atoms with van der Waals surface area (Å²) in [7, 11) is 0. The first-order chi connectivity index (χ1) is 12.3. The molecule has 0 spiro atoms. The lowest BCUT2D eigenvalue weighted by Crippen LogP contribution is -2.51. The summed E-state index contributed by atoms with van der Waals surface area (Å²) in [5.74, 6) is 1.30. The molecule has 7 heteroatoms. The minimum Gasteiger partial charge on any atom is -0.348 e. The van der Waals surface area contributed by atoms with E-state index in [2.05, 4.69) is 20.4 Å². The van der Waals surface area contributed by atoms with E-state index in [0.29, 0.717) is 5.92 Å². The first-order valence-corrected chi connectivity index (χ1v) is 9.35. The van der Waals surface area contributed by atoms with Crippen molar-refractivity contribution in [1.82, 2.24) is 30.0 Å². The molecule has 1 saturated carbocycles. The fourth-order valence-electron chi connectivity index (χ4n) is 4.21. The van der Waals surface area contributed by atoms with Crippen LogP contribution < -0.4 is 5.32 Å². The van der Waals surface area contributed by atoms with Crippen molar-refractivity contribution in [2.24, 2.45) is 0 Å². The second-order valence-corrected chi connectivity index (χ2v) is 7.15. The molecule has 1 aliphatic carbocycles. The van der Waals surface area contributed by atoms with Gasteiger partial charge in [-0.2, -0.15) is 5.10 Å². The minimum atomic E-state index is 0.0558. The van der Waals surface area contributed by atoms with Crippen LogP contribution in [-0.2, 0) is 0 Å². The number of likely N-dealkylation sites (tertiary alicyclic amines) is 1. The van der Waals surface area contributed by atoms with Crippen molar-refractivity contribution >= 4 is 6.03 Å². The molecule has 25 heavy (non-hydrogen) atoms. The van der Waals surface area contributed by atoms with E-state index in [4.69, 9.17) is 0 Å². The number of carbonyl (C=O) groups excluding carboxylic acids is 1. The molecule has 2 aromatic heterocycles. The maximum Gasteiger partial charge on any atom is 0.317 e. The summed E-state index contributed by atoms with van der Waals surface area (Å²) in [5, 5.41) is 7.68. The third-order valence-corrected chi connectivity index (χ3v) is 5.52. The van der Waals surface area contributed by atoms with E-state index >= 15 is 0 Å². The molecular weight excluding hydrogens is 316 g/mol. The number of urea groups is 1. The standard InChI is InChI=1S/C18H26N6O/c25-18(23-11-3-5-14(13-23)17-19-9-10-20-17)22-15-6-1-2-7-16(15)24-12-4-8-21-24/h4,8-10,12,14-16H,1-3,5-7,11,13H2,(H,19,20)(H,22,25)/t14-,15-,16-/m1/s1. The number of aromatic amines is 1. The van der Waals surface area contributed by atoms with Crippen LogP contribution in [0, 0.1) is 0 Å². The molecule has 0 aromatic carbocycles. The smallest absolute Gasteiger partial charge is 0.317 e. The van der Waals surface area contributed by atoms with Crippen LogP contribution in [0.1, 0.15) is 56.3 Å². The Bertz CT molecular complexity index is 668. The Morgan fingerprint density at radius 2 is 2.12 bits per heavy atom. The first kappa shape index (κ1) is 16.2. The largest absolute Gasteiger partial charge is 0.348 e. The highest BCUT2D eigenvalue weighted by molar-refractivity contribution is 5.74. The Morgan fingerprint density at radius 3 is 2.92 bits per heavy atom. The second kappa shape index (κ2) is 7.29. The molecule has 0 radical (unpaired) electrons. The van der Waals surface area contributed by atoms with E-state index < -0.39 is 0 Å². The van der Waals surface area contributed by atoms with Crippen LogP contribution in [0.15, 0.2) is 30.9 Å². The van der Waals surface area contributed by atoms with Crippen molar-refractivity contribution in [2.45, 2.75) is 56.5 Å². The molecule has 0 unspecified atom stereocenters. The van der Waals surface area contributed by atoms with Crippen molar-refractivity contribution < 1.29 is 4.79 Å². The highest BCUT2D eigenvalue weighted by Crippen LogP contribution is 2.29. The van der Waals surface area contributed by atoms with Gasteiger partial charge in [-0.15, -0.1) is 0 Å². The van der Waals surface area contributed by atoms with E-state index in [1.54, 1.807) is 6.20 Å². The van der Waals surface area contributed by atoms with Gasteiger partial charge in [-0.3, -0.25) is 4.68 Å². The van der Waals surface area contributed by atoms with E-state index in [1.165, 1.54) is 6.42 Å². The fraction of sp³-hybridized carbons (Fsp3) is 0.611. The molecule has 2 aromatic rings. The highest BCUT2D eigenvalue weighted by Gasteiger charge is 2.31. The Hall–Kier alpha value is -2.31. The summed E-state index contributed by atoms with van der Waals surface area (Å²) >= 11 is 0. The van der Waals surface area contributed by atoms with Gasteiger partial charge in [-0.25, -0.2) is 9.78 Å². The average Bonchev–Trinajstić information content (AvgIpc) is 3.36. The van der Waals surface area contributed by atoms with Gasteiger partial charge >= 0.3 is 6.03 Å². The minimum absolute atomic E-state index is 0.0558. The van der Waals surface area contributed by atoms with E-state index in [9.17, 15) is 4.79 Å². The van der Waals surface area contributed by atoms with Gasteiger partial charge in [0.05, 0.1) is 12.1 Å². The number of piperidine rings is 1. The lowest BCUT2D eigenvalue weighted by molar-refractivity contribution is 0.162. The third kappa shape index (κ3) is 3.55. The average molecular weight is 342 g/mol. The lowest BCUT2D eigenvalue weighted by Gasteiger charge is -2.36. The van der Waals surface area contributed by atoms with Gasteiger partial charge in [-0.1, -0.05) is 12.8 Å². The van der Waals surface area contributed by atoms with E-state index in [0.717, 1.165) is 51.0 Å². The fourth-order valence-corrected chi connectivity index (χ4v) is 4.21. The highest BCUT2D eigenvalue weighted by atomic mass is 16.2. The number of imidazole rings is 1. The van der Waals surface area contributed by atoms with Gasteiger partial charge in [0, 0.05) is 43.8 Å². The Labute approximate surface area is 147 Å². The number of H-pyrrole nitrogens is 1. The summed E-state index contributed by atoms with van der Waals surface area (Å²) in [4.78, 5) is 22.4. The predicted octanol–water partition coefficient (Wildman–Crippen LogP) is 2.68. The maximum atomic E-state index is 12.9. The van der Waals surface area contributed by atoms with Crippen LogP contribution in [0.2, 0.25) is 0 Å². The van der Waals surface area contributed by atoms with Crippen molar-refractivity contribution in [3.8, 4) is 0 Å². The molecule has 2 fully saturated rings. The van der Waals surface area contributed by atoms with Crippen LogP contribution in [0.4, 0.5) is 4.79 Å². The third-order valence-electron chi connectivity index (χ3n) is 5.52. The Kier molecular flexibility index (Phi) is 4.72. The zero-order valence-electron chi connectivity index (χ0n) is 14.5. The van der Waals surface area contributed by atoms with Crippen LogP contribution in [-0.4, -0.2) is 49.8 Å². The Morgan fingerprint density at radius 1 is 1.20 bits per heavy atom. The van der Waals surface area contributed by atoms with Gasteiger partial charge in [0.15, 0.2) is 0 Å².